The highest BCUT2D eigenvalue weighted by Crippen LogP contribution is 2.42. The highest BCUT2D eigenvalue weighted by atomic mass is 35.5. The summed E-state index contributed by atoms with van der Waals surface area (Å²) in [5.41, 5.74) is 7.73. The van der Waals surface area contributed by atoms with Crippen molar-refractivity contribution in [2.45, 2.75) is 32.9 Å². The Kier molecular flexibility index (Phi) is 6.03. The zero-order chi connectivity index (χ0) is 21.3. The maximum absolute atomic E-state index is 6.39. The van der Waals surface area contributed by atoms with Crippen LogP contribution in [0.1, 0.15) is 39.4 Å². The van der Waals surface area contributed by atoms with Gasteiger partial charge in [0, 0.05) is 18.1 Å². The Hall–Kier alpha value is -2.49. The predicted molar refractivity (Wildman–Crippen MR) is 123 cm³/mol. The summed E-state index contributed by atoms with van der Waals surface area (Å²) in [5.74, 6) is 1.54. The molecule has 1 heterocycles. The van der Waals surface area contributed by atoms with Crippen LogP contribution >= 0.6 is 11.6 Å². The van der Waals surface area contributed by atoms with Crippen LogP contribution in [0.2, 0.25) is 5.02 Å². The highest BCUT2D eigenvalue weighted by Gasteiger charge is 2.30. The monoisotopic (exact) mass is 421 g/mol. The van der Waals surface area contributed by atoms with Crippen LogP contribution in [0.25, 0.3) is 0 Å². The Morgan fingerprint density at radius 1 is 0.967 bits per heavy atom. The Labute approximate surface area is 184 Å². The number of methoxy groups -OCH3 is 2. The molecule has 0 aromatic heterocycles. The zero-order valence-corrected chi connectivity index (χ0v) is 18.8. The lowest BCUT2D eigenvalue weighted by molar-refractivity contribution is 0.203. The van der Waals surface area contributed by atoms with Crippen molar-refractivity contribution in [1.29, 1.82) is 0 Å². The van der Waals surface area contributed by atoms with Crippen LogP contribution in [0, 0.1) is 13.8 Å². The van der Waals surface area contributed by atoms with E-state index in [9.17, 15) is 0 Å². The van der Waals surface area contributed by atoms with Gasteiger partial charge in [-0.05, 0) is 72.4 Å². The Morgan fingerprint density at radius 2 is 1.73 bits per heavy atom. The summed E-state index contributed by atoms with van der Waals surface area (Å²) in [5, 5.41) is 0.756. The van der Waals surface area contributed by atoms with Crippen molar-refractivity contribution in [3.05, 3.63) is 93.0 Å². The van der Waals surface area contributed by atoms with Gasteiger partial charge in [-0.25, -0.2) is 0 Å². The maximum Gasteiger partial charge on any atom is 0.161 e. The molecule has 4 heteroatoms. The van der Waals surface area contributed by atoms with Crippen molar-refractivity contribution in [3.63, 3.8) is 0 Å². The highest BCUT2D eigenvalue weighted by molar-refractivity contribution is 6.30. The Balaban J connectivity index is 1.82. The second-order valence-corrected chi connectivity index (χ2v) is 8.45. The number of ether oxygens (including phenoxy) is 2. The van der Waals surface area contributed by atoms with Crippen molar-refractivity contribution in [1.82, 2.24) is 4.90 Å². The first-order valence-electron chi connectivity index (χ1n) is 10.3. The first-order chi connectivity index (χ1) is 14.5. The van der Waals surface area contributed by atoms with Crippen LogP contribution in [-0.2, 0) is 13.0 Å². The first kappa shape index (κ1) is 20.8. The van der Waals surface area contributed by atoms with Gasteiger partial charge in [0.15, 0.2) is 11.5 Å². The molecule has 0 amide bonds. The molecule has 30 heavy (non-hydrogen) atoms. The van der Waals surface area contributed by atoms with Crippen LogP contribution in [0.5, 0.6) is 11.5 Å². The largest absolute Gasteiger partial charge is 0.493 e. The van der Waals surface area contributed by atoms with Gasteiger partial charge in [-0.15, -0.1) is 0 Å². The molecule has 3 aromatic carbocycles. The first-order valence-corrected chi connectivity index (χ1v) is 10.7. The van der Waals surface area contributed by atoms with Gasteiger partial charge in [-0.3, -0.25) is 4.90 Å². The summed E-state index contributed by atoms with van der Waals surface area (Å²) in [6.07, 6.45) is 0.970. The molecule has 0 bridgehead atoms. The van der Waals surface area contributed by atoms with E-state index in [1.54, 1.807) is 14.2 Å². The molecule has 0 fully saturated rings. The van der Waals surface area contributed by atoms with Gasteiger partial charge in [0.05, 0.1) is 20.3 Å². The SMILES string of the molecule is COc1cc2c(cc1OC)C(c1cccc(Cl)c1)N(Cc1cc(C)ccc1C)CC2. The van der Waals surface area contributed by atoms with E-state index < -0.39 is 0 Å². The number of halogens is 1. The third-order valence-corrected chi connectivity index (χ3v) is 6.25. The number of hydrogen-bond acceptors (Lipinski definition) is 3. The smallest absolute Gasteiger partial charge is 0.161 e. The average molecular weight is 422 g/mol. The number of nitrogens with zero attached hydrogens (tertiary/aromatic N) is 1. The molecule has 3 aromatic rings. The lowest BCUT2D eigenvalue weighted by atomic mass is 9.87. The minimum Gasteiger partial charge on any atom is -0.493 e. The normalized spacial score (nSPS) is 16.2. The minimum absolute atomic E-state index is 0.104. The predicted octanol–water partition coefficient (Wildman–Crippen LogP) is 6.12. The summed E-state index contributed by atoms with van der Waals surface area (Å²) in [6, 6.07) is 19.3. The van der Waals surface area contributed by atoms with Gasteiger partial charge < -0.3 is 9.47 Å². The zero-order valence-electron chi connectivity index (χ0n) is 18.0. The van der Waals surface area contributed by atoms with E-state index in [4.69, 9.17) is 21.1 Å². The number of fused-ring (bicyclic) bond motifs is 1. The third-order valence-electron chi connectivity index (χ3n) is 6.02. The molecule has 0 aliphatic carbocycles. The second kappa shape index (κ2) is 8.71. The number of rotatable bonds is 5. The molecule has 0 radical (unpaired) electrons. The topological polar surface area (TPSA) is 21.7 Å². The molecule has 0 N–H and O–H groups in total. The average Bonchev–Trinajstić information content (AvgIpc) is 2.75. The lowest BCUT2D eigenvalue weighted by Gasteiger charge is -2.38. The van der Waals surface area contributed by atoms with E-state index in [1.165, 1.54) is 33.4 Å². The van der Waals surface area contributed by atoms with Gasteiger partial charge in [-0.2, -0.15) is 0 Å². The molecule has 4 rings (SSSR count). The summed E-state index contributed by atoms with van der Waals surface area (Å²) in [7, 11) is 3.38. The van der Waals surface area contributed by atoms with Crippen LogP contribution in [0.4, 0.5) is 0 Å². The van der Waals surface area contributed by atoms with Crippen molar-refractivity contribution in [2.75, 3.05) is 20.8 Å². The van der Waals surface area contributed by atoms with Crippen LogP contribution in [-0.4, -0.2) is 25.7 Å². The van der Waals surface area contributed by atoms with Gasteiger partial charge in [0.2, 0.25) is 0 Å². The van der Waals surface area contributed by atoms with E-state index in [-0.39, 0.29) is 6.04 Å². The van der Waals surface area contributed by atoms with Crippen molar-refractivity contribution in [3.8, 4) is 11.5 Å². The molecule has 1 unspecified atom stereocenters. The fourth-order valence-electron chi connectivity index (χ4n) is 4.42. The molecule has 1 aliphatic rings. The summed E-state index contributed by atoms with van der Waals surface area (Å²) in [4.78, 5) is 2.54. The fraction of sp³-hybridized carbons (Fsp3) is 0.308. The molecule has 0 saturated carbocycles. The molecule has 156 valence electrons. The molecule has 1 atom stereocenters. The second-order valence-electron chi connectivity index (χ2n) is 8.01. The van der Waals surface area contributed by atoms with Gasteiger partial charge in [0.1, 0.15) is 0 Å². The summed E-state index contributed by atoms with van der Waals surface area (Å²) < 4.78 is 11.2. The Bertz CT molecular complexity index is 1060. The molecule has 3 nitrogen and oxygen atoms in total. The van der Waals surface area contributed by atoms with E-state index >= 15 is 0 Å². The molecule has 0 spiro atoms. The number of benzene rings is 3. The van der Waals surface area contributed by atoms with E-state index in [1.807, 2.05) is 12.1 Å². The number of aryl methyl sites for hydroxylation is 2. The third kappa shape index (κ3) is 4.05. The molecule has 0 saturated heterocycles. The fourth-order valence-corrected chi connectivity index (χ4v) is 4.62. The van der Waals surface area contributed by atoms with E-state index in [0.29, 0.717) is 0 Å². The van der Waals surface area contributed by atoms with E-state index in [2.05, 4.69) is 61.2 Å². The van der Waals surface area contributed by atoms with Crippen molar-refractivity contribution < 1.29 is 9.47 Å². The standard InChI is InChI=1S/C26H28ClNO2/c1-17-8-9-18(2)21(12-17)16-28-11-10-19-14-24(29-3)25(30-4)15-23(19)26(28)20-6-5-7-22(27)13-20/h5-9,12-15,26H,10-11,16H2,1-4H3. The van der Waals surface area contributed by atoms with Gasteiger partial charge >= 0.3 is 0 Å². The molecule has 1 aliphatic heterocycles. The van der Waals surface area contributed by atoms with Crippen LogP contribution in [0.15, 0.2) is 54.6 Å². The Morgan fingerprint density at radius 3 is 2.47 bits per heavy atom. The molecular formula is C26H28ClNO2. The molecular weight excluding hydrogens is 394 g/mol. The quantitative estimate of drug-likeness (QED) is 0.495. The van der Waals surface area contributed by atoms with E-state index in [0.717, 1.165) is 36.0 Å². The summed E-state index contributed by atoms with van der Waals surface area (Å²) in [6.45, 7) is 6.19. The van der Waals surface area contributed by atoms with Crippen molar-refractivity contribution >= 4 is 11.6 Å². The summed E-state index contributed by atoms with van der Waals surface area (Å²) >= 11 is 6.39. The van der Waals surface area contributed by atoms with Crippen LogP contribution in [0.3, 0.4) is 0 Å². The maximum atomic E-state index is 6.39. The van der Waals surface area contributed by atoms with Gasteiger partial charge in [-0.1, -0.05) is 47.5 Å². The van der Waals surface area contributed by atoms with Gasteiger partial charge in [0.25, 0.3) is 0 Å². The van der Waals surface area contributed by atoms with Crippen molar-refractivity contribution in [2.24, 2.45) is 0 Å². The number of hydrogen-bond donors (Lipinski definition) is 0. The lowest BCUT2D eigenvalue weighted by Crippen LogP contribution is -2.36. The minimum atomic E-state index is 0.104. The van der Waals surface area contributed by atoms with Crippen LogP contribution < -0.4 is 9.47 Å².